The van der Waals surface area contributed by atoms with Gasteiger partial charge in [-0.1, -0.05) is 74.5 Å². The summed E-state index contributed by atoms with van der Waals surface area (Å²) in [5.74, 6) is -0.224. The van der Waals surface area contributed by atoms with Crippen LogP contribution in [0.5, 0.6) is 0 Å². The number of hydrogen-bond acceptors (Lipinski definition) is 2. The zero-order valence-electron chi connectivity index (χ0n) is 14.1. The molecule has 0 aliphatic heterocycles. The van der Waals surface area contributed by atoms with Crippen LogP contribution in [0.2, 0.25) is 0 Å². The Kier molecular flexibility index (Phi) is 5.49. The van der Waals surface area contributed by atoms with Crippen LogP contribution in [0.1, 0.15) is 43.1 Å². The molecule has 2 aromatic rings. The lowest BCUT2D eigenvalue weighted by atomic mass is 9.71. The predicted molar refractivity (Wildman–Crippen MR) is 93.5 cm³/mol. The standard InChI is InChI=1S/C21H24O2/c1-16(2)19(22)21(3,15-14-17-10-6-4-7-11-17)20(23)18-12-8-5-9-13-18/h4-13,16H,14-15H2,1-3H3. The Morgan fingerprint density at radius 2 is 1.43 bits per heavy atom. The van der Waals surface area contributed by atoms with Crippen molar-refractivity contribution in [1.29, 1.82) is 0 Å². The van der Waals surface area contributed by atoms with Crippen LogP contribution in [0.3, 0.4) is 0 Å². The molecule has 1 atom stereocenters. The van der Waals surface area contributed by atoms with E-state index in [0.717, 1.165) is 5.56 Å². The second-order valence-corrected chi connectivity index (χ2v) is 6.53. The summed E-state index contributed by atoms with van der Waals surface area (Å²) >= 11 is 0. The number of carbonyl (C=O) groups is 2. The number of Topliss-reactive ketones (excluding diaryl/α,β-unsaturated/α-hetero) is 2. The molecule has 0 saturated carbocycles. The maximum Gasteiger partial charge on any atom is 0.176 e. The molecule has 0 amide bonds. The monoisotopic (exact) mass is 308 g/mol. The Balaban J connectivity index is 2.29. The van der Waals surface area contributed by atoms with Crippen molar-refractivity contribution in [3.63, 3.8) is 0 Å². The van der Waals surface area contributed by atoms with Crippen LogP contribution in [0.4, 0.5) is 0 Å². The Labute approximate surface area is 138 Å². The number of hydrogen-bond donors (Lipinski definition) is 0. The van der Waals surface area contributed by atoms with E-state index in [2.05, 4.69) is 0 Å². The molecule has 2 aromatic carbocycles. The van der Waals surface area contributed by atoms with Gasteiger partial charge in [0, 0.05) is 11.5 Å². The van der Waals surface area contributed by atoms with Crippen LogP contribution in [0.15, 0.2) is 60.7 Å². The van der Waals surface area contributed by atoms with Crippen LogP contribution >= 0.6 is 0 Å². The molecule has 0 bridgehead atoms. The summed E-state index contributed by atoms with van der Waals surface area (Å²) in [6.45, 7) is 5.52. The molecule has 23 heavy (non-hydrogen) atoms. The van der Waals surface area contributed by atoms with Crippen LogP contribution in [0.25, 0.3) is 0 Å². The van der Waals surface area contributed by atoms with Gasteiger partial charge in [0.2, 0.25) is 0 Å². The van der Waals surface area contributed by atoms with E-state index < -0.39 is 5.41 Å². The van der Waals surface area contributed by atoms with E-state index in [1.54, 1.807) is 19.1 Å². The van der Waals surface area contributed by atoms with Gasteiger partial charge in [-0.2, -0.15) is 0 Å². The summed E-state index contributed by atoms with van der Waals surface area (Å²) in [6, 6.07) is 19.1. The van der Waals surface area contributed by atoms with Crippen LogP contribution in [-0.2, 0) is 11.2 Å². The molecule has 0 N–H and O–H groups in total. The van der Waals surface area contributed by atoms with Gasteiger partial charge in [0.25, 0.3) is 0 Å². The maximum atomic E-state index is 13.0. The minimum atomic E-state index is -0.981. The molecule has 0 saturated heterocycles. The maximum absolute atomic E-state index is 13.0. The van der Waals surface area contributed by atoms with E-state index in [-0.39, 0.29) is 17.5 Å². The molecule has 0 aliphatic carbocycles. The fraction of sp³-hybridized carbons (Fsp3) is 0.333. The number of rotatable bonds is 7. The van der Waals surface area contributed by atoms with Gasteiger partial charge in [-0.25, -0.2) is 0 Å². The third-order valence-corrected chi connectivity index (χ3v) is 4.36. The average molecular weight is 308 g/mol. The lowest BCUT2D eigenvalue weighted by molar-refractivity contribution is -0.129. The van der Waals surface area contributed by atoms with Gasteiger partial charge < -0.3 is 0 Å². The summed E-state index contributed by atoms with van der Waals surface area (Å²) in [6.07, 6.45) is 1.25. The highest BCUT2D eigenvalue weighted by molar-refractivity contribution is 6.14. The fourth-order valence-electron chi connectivity index (χ4n) is 2.93. The smallest absolute Gasteiger partial charge is 0.176 e. The average Bonchev–Trinajstić information content (AvgIpc) is 2.60. The first kappa shape index (κ1) is 17.1. The van der Waals surface area contributed by atoms with Gasteiger partial charge in [-0.3, -0.25) is 9.59 Å². The molecule has 0 aromatic heterocycles. The largest absolute Gasteiger partial charge is 0.298 e. The zero-order valence-corrected chi connectivity index (χ0v) is 14.1. The molecule has 2 rings (SSSR count). The minimum Gasteiger partial charge on any atom is -0.298 e. The molecular weight excluding hydrogens is 284 g/mol. The van der Waals surface area contributed by atoms with E-state index >= 15 is 0 Å². The quantitative estimate of drug-likeness (QED) is 0.547. The second kappa shape index (κ2) is 7.36. The molecule has 0 heterocycles. The van der Waals surface area contributed by atoms with Gasteiger partial charge in [-0.05, 0) is 25.3 Å². The summed E-state index contributed by atoms with van der Waals surface area (Å²) in [5, 5.41) is 0. The Hall–Kier alpha value is -2.22. The fourth-order valence-corrected chi connectivity index (χ4v) is 2.93. The molecular formula is C21H24O2. The summed E-state index contributed by atoms with van der Waals surface area (Å²) < 4.78 is 0. The van der Waals surface area contributed by atoms with E-state index in [9.17, 15) is 9.59 Å². The van der Waals surface area contributed by atoms with Gasteiger partial charge >= 0.3 is 0 Å². The first-order chi connectivity index (χ1) is 10.9. The van der Waals surface area contributed by atoms with Crippen molar-refractivity contribution in [2.75, 3.05) is 0 Å². The van der Waals surface area contributed by atoms with E-state index in [1.165, 1.54) is 0 Å². The highest BCUT2D eigenvalue weighted by Crippen LogP contribution is 2.32. The van der Waals surface area contributed by atoms with Gasteiger partial charge in [0.1, 0.15) is 5.78 Å². The second-order valence-electron chi connectivity index (χ2n) is 6.53. The van der Waals surface area contributed by atoms with Crippen molar-refractivity contribution in [2.24, 2.45) is 11.3 Å². The van der Waals surface area contributed by atoms with E-state index in [1.807, 2.05) is 62.4 Å². The molecule has 0 spiro atoms. The van der Waals surface area contributed by atoms with Crippen LogP contribution < -0.4 is 0 Å². The normalized spacial score (nSPS) is 13.6. The van der Waals surface area contributed by atoms with Crippen molar-refractivity contribution in [1.82, 2.24) is 0 Å². The van der Waals surface area contributed by atoms with E-state index in [4.69, 9.17) is 0 Å². The van der Waals surface area contributed by atoms with Crippen LogP contribution in [-0.4, -0.2) is 11.6 Å². The lowest BCUT2D eigenvalue weighted by Crippen LogP contribution is -2.39. The Bertz CT molecular complexity index is 659. The summed E-state index contributed by atoms with van der Waals surface area (Å²) in [5.41, 5.74) is 0.777. The molecule has 120 valence electrons. The number of ketones is 2. The highest BCUT2D eigenvalue weighted by atomic mass is 16.2. The lowest BCUT2D eigenvalue weighted by Gasteiger charge is -2.28. The first-order valence-electron chi connectivity index (χ1n) is 8.13. The third kappa shape index (κ3) is 3.95. The van der Waals surface area contributed by atoms with Gasteiger partial charge in [0.05, 0.1) is 5.41 Å². The SMILES string of the molecule is CC(C)C(=O)C(C)(CCc1ccccc1)C(=O)c1ccccc1. The Morgan fingerprint density at radius 1 is 0.913 bits per heavy atom. The minimum absolute atomic E-state index is 0.0160. The molecule has 1 unspecified atom stereocenters. The highest BCUT2D eigenvalue weighted by Gasteiger charge is 2.41. The third-order valence-electron chi connectivity index (χ3n) is 4.36. The van der Waals surface area contributed by atoms with Crippen molar-refractivity contribution in [3.05, 3.63) is 71.8 Å². The van der Waals surface area contributed by atoms with Crippen molar-refractivity contribution in [2.45, 2.75) is 33.6 Å². The molecule has 0 radical (unpaired) electrons. The van der Waals surface area contributed by atoms with Crippen LogP contribution in [0, 0.1) is 11.3 Å². The topological polar surface area (TPSA) is 34.1 Å². The number of aryl methyl sites for hydroxylation is 1. The number of benzene rings is 2. The van der Waals surface area contributed by atoms with E-state index in [0.29, 0.717) is 18.4 Å². The van der Waals surface area contributed by atoms with Crippen molar-refractivity contribution < 1.29 is 9.59 Å². The Morgan fingerprint density at radius 3 is 1.96 bits per heavy atom. The van der Waals surface area contributed by atoms with Gasteiger partial charge in [0.15, 0.2) is 5.78 Å². The molecule has 2 nitrogen and oxygen atoms in total. The molecule has 2 heteroatoms. The zero-order chi connectivity index (χ0) is 16.9. The summed E-state index contributed by atoms with van der Waals surface area (Å²) in [7, 11) is 0. The van der Waals surface area contributed by atoms with Crippen molar-refractivity contribution in [3.8, 4) is 0 Å². The first-order valence-corrected chi connectivity index (χ1v) is 8.13. The number of carbonyl (C=O) groups excluding carboxylic acids is 2. The van der Waals surface area contributed by atoms with Gasteiger partial charge in [-0.15, -0.1) is 0 Å². The predicted octanol–water partition coefficient (Wildman–Crippen LogP) is 4.73. The summed E-state index contributed by atoms with van der Waals surface area (Å²) in [4.78, 5) is 25.8. The molecule has 0 aliphatic rings. The molecule has 0 fully saturated rings. The van der Waals surface area contributed by atoms with Crippen molar-refractivity contribution >= 4 is 11.6 Å².